The van der Waals surface area contributed by atoms with Gasteiger partial charge >= 0.3 is 0 Å². The third kappa shape index (κ3) is 5.21. The molecule has 2 unspecified atom stereocenters. The lowest BCUT2D eigenvalue weighted by Gasteiger charge is -2.47. The van der Waals surface area contributed by atoms with Crippen LogP contribution in [0.15, 0.2) is 4.99 Å². The number of guanidine groups is 1. The van der Waals surface area contributed by atoms with Crippen LogP contribution in [-0.2, 0) is 4.79 Å². The maximum Gasteiger partial charge on any atom is 0.243 e. The van der Waals surface area contributed by atoms with Crippen molar-refractivity contribution in [1.29, 1.82) is 0 Å². The number of aliphatic imine (C=N–C) groups is 1. The molecule has 3 fully saturated rings. The lowest BCUT2D eigenvalue weighted by atomic mass is 9.82. The number of rotatable bonds is 4. The van der Waals surface area contributed by atoms with Crippen molar-refractivity contribution in [3.8, 4) is 0 Å². The number of carbonyl (C=O) groups excluding carboxylic acids is 1. The molecule has 6 nitrogen and oxygen atoms in total. The number of nitrogens with one attached hydrogen (secondary N) is 2. The summed E-state index contributed by atoms with van der Waals surface area (Å²) in [5.41, 5.74) is 0. The molecule has 2 saturated heterocycles. The molecule has 0 aromatic carbocycles. The molecule has 24 heavy (non-hydrogen) atoms. The van der Waals surface area contributed by atoms with Crippen LogP contribution in [-0.4, -0.2) is 73.5 Å². The van der Waals surface area contributed by atoms with E-state index >= 15 is 0 Å². The predicted octanol–water partition coefficient (Wildman–Crippen LogP) is 1.41. The number of carbonyl (C=O) groups is 1. The topological polar surface area (TPSA) is 60.0 Å². The second-order valence-corrected chi connectivity index (χ2v) is 7.59. The fraction of sp³-hybridized carbons (Fsp3) is 0.882. The summed E-state index contributed by atoms with van der Waals surface area (Å²) in [5, 5.41) is 7.08. The zero-order chi connectivity index (χ0) is 16.4. The highest BCUT2D eigenvalue weighted by Gasteiger charge is 2.36. The summed E-state index contributed by atoms with van der Waals surface area (Å²) < 4.78 is 0. The van der Waals surface area contributed by atoms with Gasteiger partial charge in [-0.15, -0.1) is 24.0 Å². The molecule has 1 saturated carbocycles. The van der Waals surface area contributed by atoms with Crippen LogP contribution in [0, 0.1) is 0 Å². The molecule has 0 spiro atoms. The Morgan fingerprint density at radius 1 is 1.08 bits per heavy atom. The average molecular weight is 449 g/mol. The zero-order valence-corrected chi connectivity index (χ0v) is 17.5. The third-order valence-corrected chi connectivity index (χ3v) is 5.47. The van der Waals surface area contributed by atoms with E-state index in [4.69, 9.17) is 0 Å². The van der Waals surface area contributed by atoms with Crippen molar-refractivity contribution in [3.63, 3.8) is 0 Å². The van der Waals surface area contributed by atoms with Crippen molar-refractivity contribution in [1.82, 2.24) is 20.4 Å². The van der Waals surface area contributed by atoms with E-state index in [0.717, 1.165) is 5.96 Å². The van der Waals surface area contributed by atoms with Crippen LogP contribution < -0.4 is 10.6 Å². The molecule has 2 heterocycles. The van der Waals surface area contributed by atoms with Gasteiger partial charge in [0.1, 0.15) is 6.54 Å². The Labute approximate surface area is 162 Å². The fourth-order valence-electron chi connectivity index (χ4n) is 3.77. The zero-order valence-electron chi connectivity index (χ0n) is 15.1. The Balaban J connectivity index is 0.00000208. The minimum absolute atomic E-state index is 0. The summed E-state index contributed by atoms with van der Waals surface area (Å²) in [7, 11) is 5.83. The Morgan fingerprint density at radius 3 is 2.21 bits per heavy atom. The lowest BCUT2D eigenvalue weighted by molar-refractivity contribution is -0.127. The van der Waals surface area contributed by atoms with Gasteiger partial charge < -0.3 is 20.4 Å². The van der Waals surface area contributed by atoms with Crippen molar-refractivity contribution in [3.05, 3.63) is 0 Å². The molecular formula is C17H32IN5O. The summed E-state index contributed by atoms with van der Waals surface area (Å²) in [6.07, 6.45) is 8.77. The molecule has 2 aliphatic heterocycles. The Morgan fingerprint density at radius 2 is 1.67 bits per heavy atom. The van der Waals surface area contributed by atoms with Crippen LogP contribution in [0.25, 0.3) is 0 Å². The quantitative estimate of drug-likeness (QED) is 0.387. The van der Waals surface area contributed by atoms with E-state index in [0.29, 0.717) is 24.2 Å². The number of piperidine rings is 2. The van der Waals surface area contributed by atoms with E-state index in [1.807, 2.05) is 0 Å². The predicted molar refractivity (Wildman–Crippen MR) is 108 cm³/mol. The normalized spacial score (nSPS) is 30.3. The molecule has 2 N–H and O–H groups in total. The van der Waals surface area contributed by atoms with Crippen molar-refractivity contribution in [2.45, 2.75) is 69.1 Å². The van der Waals surface area contributed by atoms with Crippen molar-refractivity contribution >= 4 is 35.8 Å². The minimum atomic E-state index is 0. The fourth-order valence-corrected chi connectivity index (χ4v) is 3.77. The standard InChI is InChI=1S/C17H31N5O.HI/c1-21(2)16(23)11-18-17(19-12-7-8-12)20-13-9-14-5-4-6-15(10-13)22(14)3;/h12-15H,4-11H2,1-3H3,(H2,18,19,20);1H. The van der Waals surface area contributed by atoms with Gasteiger partial charge in [-0.05, 0) is 45.6 Å². The first kappa shape index (κ1) is 19.8. The number of likely N-dealkylation sites (N-methyl/N-ethyl adjacent to an activating group) is 1. The van der Waals surface area contributed by atoms with E-state index in [9.17, 15) is 4.79 Å². The lowest BCUT2D eigenvalue weighted by Crippen LogP contribution is -2.57. The second-order valence-electron chi connectivity index (χ2n) is 7.59. The largest absolute Gasteiger partial charge is 0.354 e. The van der Waals surface area contributed by atoms with Crippen molar-refractivity contribution < 1.29 is 4.79 Å². The van der Waals surface area contributed by atoms with Gasteiger partial charge in [0.05, 0.1) is 0 Å². The molecule has 0 aromatic rings. The molecular weight excluding hydrogens is 417 g/mol. The summed E-state index contributed by atoms with van der Waals surface area (Å²) in [4.78, 5) is 20.5. The highest BCUT2D eigenvalue weighted by atomic mass is 127. The van der Waals surface area contributed by atoms with E-state index in [1.165, 1.54) is 44.9 Å². The summed E-state index contributed by atoms with van der Waals surface area (Å²) in [6, 6.07) is 2.42. The first-order valence-electron chi connectivity index (χ1n) is 9.02. The van der Waals surface area contributed by atoms with E-state index in [2.05, 4.69) is 27.6 Å². The monoisotopic (exact) mass is 449 g/mol. The van der Waals surface area contributed by atoms with Crippen LogP contribution in [0.5, 0.6) is 0 Å². The van der Waals surface area contributed by atoms with Crippen LogP contribution >= 0.6 is 24.0 Å². The van der Waals surface area contributed by atoms with Crippen molar-refractivity contribution in [2.24, 2.45) is 4.99 Å². The maximum atomic E-state index is 11.8. The van der Waals surface area contributed by atoms with Crippen LogP contribution in [0.4, 0.5) is 0 Å². The van der Waals surface area contributed by atoms with E-state index in [-0.39, 0.29) is 36.4 Å². The Bertz CT molecular complexity index is 452. The highest BCUT2D eigenvalue weighted by molar-refractivity contribution is 14.0. The highest BCUT2D eigenvalue weighted by Crippen LogP contribution is 2.32. The third-order valence-electron chi connectivity index (χ3n) is 5.47. The number of amides is 1. The summed E-state index contributed by atoms with van der Waals surface area (Å²) >= 11 is 0. The van der Waals surface area contributed by atoms with Crippen LogP contribution in [0.3, 0.4) is 0 Å². The number of hydrogen-bond donors (Lipinski definition) is 2. The van der Waals surface area contributed by atoms with Gasteiger partial charge in [0, 0.05) is 38.3 Å². The second kappa shape index (κ2) is 8.69. The number of nitrogens with zero attached hydrogens (tertiary/aromatic N) is 3. The minimum Gasteiger partial charge on any atom is -0.354 e. The molecule has 1 amide bonds. The van der Waals surface area contributed by atoms with Gasteiger partial charge in [0.2, 0.25) is 5.91 Å². The van der Waals surface area contributed by atoms with Gasteiger partial charge in [0.25, 0.3) is 0 Å². The molecule has 138 valence electrons. The Kier molecular flexibility index (Phi) is 7.15. The first-order valence-corrected chi connectivity index (χ1v) is 9.02. The number of fused-ring (bicyclic) bond motifs is 2. The molecule has 3 aliphatic rings. The van der Waals surface area contributed by atoms with Gasteiger partial charge in [-0.2, -0.15) is 0 Å². The molecule has 0 radical (unpaired) electrons. The molecule has 2 atom stereocenters. The first-order chi connectivity index (χ1) is 11.0. The van der Waals surface area contributed by atoms with Gasteiger partial charge in [-0.25, -0.2) is 4.99 Å². The summed E-state index contributed by atoms with van der Waals surface area (Å²) in [5.74, 6) is 0.873. The summed E-state index contributed by atoms with van der Waals surface area (Å²) in [6.45, 7) is 0.217. The SMILES string of the molecule is CN(C)C(=O)CN=C(NC1CC1)NC1CC2CCCC(C1)N2C.I. The Hall–Kier alpha value is -0.570. The molecule has 3 rings (SSSR count). The number of hydrogen-bond acceptors (Lipinski definition) is 3. The van der Waals surface area contributed by atoms with Gasteiger partial charge in [-0.1, -0.05) is 6.42 Å². The molecule has 1 aliphatic carbocycles. The molecule has 0 aromatic heterocycles. The maximum absolute atomic E-state index is 11.8. The van der Waals surface area contributed by atoms with Gasteiger partial charge in [0.15, 0.2) is 5.96 Å². The number of halogens is 1. The van der Waals surface area contributed by atoms with Crippen LogP contribution in [0.2, 0.25) is 0 Å². The van der Waals surface area contributed by atoms with Crippen LogP contribution in [0.1, 0.15) is 44.9 Å². The average Bonchev–Trinajstić information content (AvgIpc) is 3.29. The van der Waals surface area contributed by atoms with Crippen molar-refractivity contribution in [2.75, 3.05) is 27.7 Å². The van der Waals surface area contributed by atoms with Gasteiger partial charge in [-0.3, -0.25) is 4.79 Å². The smallest absolute Gasteiger partial charge is 0.243 e. The van der Waals surface area contributed by atoms with E-state index < -0.39 is 0 Å². The molecule has 2 bridgehead atoms. The molecule has 7 heteroatoms. The van der Waals surface area contributed by atoms with E-state index in [1.54, 1.807) is 19.0 Å².